The van der Waals surface area contributed by atoms with Crippen molar-refractivity contribution in [2.75, 3.05) is 18.1 Å². The third-order valence-corrected chi connectivity index (χ3v) is 5.95. The van der Waals surface area contributed by atoms with Gasteiger partial charge in [-0.1, -0.05) is 29.5 Å². The van der Waals surface area contributed by atoms with Crippen LogP contribution >= 0.6 is 11.3 Å². The van der Waals surface area contributed by atoms with Crippen molar-refractivity contribution in [2.45, 2.75) is 6.54 Å². The average Bonchev–Trinajstić information content (AvgIpc) is 3.23. The molecular weight excluding hydrogens is 432 g/mol. The molecule has 2 aromatic carbocycles. The first-order valence-electron chi connectivity index (χ1n) is 9.74. The van der Waals surface area contributed by atoms with E-state index in [9.17, 15) is 14.9 Å². The normalized spacial score (nSPS) is 12.5. The van der Waals surface area contributed by atoms with Crippen molar-refractivity contribution in [3.8, 4) is 11.5 Å². The molecule has 0 saturated heterocycles. The number of ether oxygens (including phenoxy) is 2. The Labute approximate surface area is 186 Å². The van der Waals surface area contributed by atoms with Crippen molar-refractivity contribution in [3.63, 3.8) is 0 Å². The Bertz CT molecular complexity index is 1280. The number of nitrogens with zero attached hydrogens (tertiary/aromatic N) is 4. The van der Waals surface area contributed by atoms with E-state index in [4.69, 9.17) is 9.47 Å². The number of pyridine rings is 1. The number of anilines is 1. The Morgan fingerprint density at radius 1 is 1.12 bits per heavy atom. The van der Waals surface area contributed by atoms with Crippen molar-refractivity contribution in [3.05, 3.63) is 82.2 Å². The van der Waals surface area contributed by atoms with Gasteiger partial charge in [-0.3, -0.25) is 24.8 Å². The number of rotatable bonds is 5. The zero-order valence-corrected chi connectivity index (χ0v) is 17.4. The molecule has 0 radical (unpaired) electrons. The molecule has 1 aliphatic heterocycles. The number of carbonyl (C=O) groups excluding carboxylic acids is 1. The van der Waals surface area contributed by atoms with Crippen molar-refractivity contribution < 1.29 is 19.2 Å². The van der Waals surface area contributed by atoms with Gasteiger partial charge in [0, 0.05) is 30.6 Å². The number of aromatic nitrogens is 2. The largest absolute Gasteiger partial charge is 0.486 e. The summed E-state index contributed by atoms with van der Waals surface area (Å²) in [4.78, 5) is 34.7. The maximum Gasteiger partial charge on any atom is 0.282 e. The summed E-state index contributed by atoms with van der Waals surface area (Å²) in [5.74, 6) is 0.713. The van der Waals surface area contributed by atoms with Gasteiger partial charge in [-0.05, 0) is 17.7 Å². The lowest BCUT2D eigenvalue weighted by Crippen LogP contribution is -2.31. The molecule has 32 heavy (non-hydrogen) atoms. The molecule has 5 rings (SSSR count). The van der Waals surface area contributed by atoms with Gasteiger partial charge in [0.25, 0.3) is 11.6 Å². The number of amides is 1. The number of para-hydroxylation sites is 1. The molecule has 3 heterocycles. The molecule has 10 heteroatoms. The van der Waals surface area contributed by atoms with E-state index in [0.717, 1.165) is 10.3 Å². The first kappa shape index (κ1) is 19.9. The number of hydrogen-bond acceptors (Lipinski definition) is 8. The third kappa shape index (κ3) is 3.71. The molecule has 0 atom stereocenters. The highest BCUT2D eigenvalue weighted by molar-refractivity contribution is 7.22. The molecule has 0 bridgehead atoms. The second-order valence-electron chi connectivity index (χ2n) is 6.99. The van der Waals surface area contributed by atoms with Gasteiger partial charge in [-0.2, -0.15) is 0 Å². The van der Waals surface area contributed by atoms with Crippen molar-refractivity contribution >= 4 is 38.3 Å². The van der Waals surface area contributed by atoms with Gasteiger partial charge in [-0.25, -0.2) is 4.98 Å². The van der Waals surface area contributed by atoms with Crippen LogP contribution in [0.5, 0.6) is 11.5 Å². The number of carbonyl (C=O) groups is 1. The molecule has 0 fully saturated rings. The third-order valence-electron chi connectivity index (χ3n) is 4.91. The number of benzene rings is 2. The molecule has 1 amide bonds. The fourth-order valence-electron chi connectivity index (χ4n) is 3.43. The summed E-state index contributed by atoms with van der Waals surface area (Å²) in [6.07, 6.45) is 3.29. The molecule has 1 aliphatic rings. The van der Waals surface area contributed by atoms with Crippen molar-refractivity contribution in [1.82, 2.24) is 9.97 Å². The summed E-state index contributed by atoms with van der Waals surface area (Å²) in [5.41, 5.74) is 1.16. The molecule has 4 aromatic rings. The number of fused-ring (bicyclic) bond motifs is 2. The highest BCUT2D eigenvalue weighted by atomic mass is 32.1. The quantitative estimate of drug-likeness (QED) is 0.332. The summed E-state index contributed by atoms with van der Waals surface area (Å²) in [7, 11) is 0. The standard InChI is InChI=1S/C22H16N4O5S/c27-21(15-5-1-2-6-17(15)26(28)29)25(13-14-4-3-7-23-12-14)22-24-16-10-18-19(11-20(16)32-22)31-9-8-30-18/h1-7,10-12H,8-9,13H2. The minimum Gasteiger partial charge on any atom is -0.486 e. The zero-order chi connectivity index (χ0) is 22.1. The van der Waals surface area contributed by atoms with Gasteiger partial charge >= 0.3 is 0 Å². The lowest BCUT2D eigenvalue weighted by molar-refractivity contribution is -0.385. The Kier molecular flexibility index (Phi) is 5.12. The van der Waals surface area contributed by atoms with Gasteiger partial charge in [0.2, 0.25) is 0 Å². The van der Waals surface area contributed by atoms with Crippen molar-refractivity contribution in [1.29, 1.82) is 0 Å². The van der Waals surface area contributed by atoms with Gasteiger partial charge in [0.05, 0.1) is 21.7 Å². The van der Waals surface area contributed by atoms with Crippen LogP contribution in [-0.4, -0.2) is 34.0 Å². The van der Waals surface area contributed by atoms with E-state index in [-0.39, 0.29) is 17.8 Å². The van der Waals surface area contributed by atoms with E-state index in [1.54, 1.807) is 30.6 Å². The van der Waals surface area contributed by atoms with Gasteiger partial charge in [-0.15, -0.1) is 0 Å². The first-order chi connectivity index (χ1) is 15.6. The molecule has 2 aromatic heterocycles. The van der Waals surface area contributed by atoms with Crippen LogP contribution in [0.3, 0.4) is 0 Å². The average molecular weight is 448 g/mol. The zero-order valence-electron chi connectivity index (χ0n) is 16.6. The highest BCUT2D eigenvalue weighted by Crippen LogP contribution is 2.39. The summed E-state index contributed by atoms with van der Waals surface area (Å²) in [6.45, 7) is 1.08. The SMILES string of the molecule is O=C(c1ccccc1[N+](=O)[O-])N(Cc1cccnc1)c1nc2cc3c(cc2s1)OCCO3. The Hall–Kier alpha value is -4.05. The van der Waals surface area contributed by atoms with E-state index < -0.39 is 10.8 Å². The van der Waals surface area contributed by atoms with E-state index in [1.165, 1.54) is 34.4 Å². The number of nitro groups is 1. The summed E-state index contributed by atoms with van der Waals surface area (Å²) in [5, 5.41) is 11.9. The molecular formula is C22H16N4O5S. The summed E-state index contributed by atoms with van der Waals surface area (Å²) in [6, 6.07) is 13.1. The van der Waals surface area contributed by atoms with Gasteiger partial charge < -0.3 is 9.47 Å². The minimum absolute atomic E-state index is 0.00777. The Morgan fingerprint density at radius 3 is 2.66 bits per heavy atom. The smallest absolute Gasteiger partial charge is 0.282 e. The Balaban J connectivity index is 1.60. The van der Waals surface area contributed by atoms with Crippen LogP contribution in [0.15, 0.2) is 60.9 Å². The van der Waals surface area contributed by atoms with E-state index in [2.05, 4.69) is 9.97 Å². The van der Waals surface area contributed by atoms with Crippen LogP contribution in [0.2, 0.25) is 0 Å². The predicted octanol–water partition coefficient (Wildman–Crippen LogP) is 4.22. The fourth-order valence-corrected chi connectivity index (χ4v) is 4.40. The summed E-state index contributed by atoms with van der Waals surface area (Å²) < 4.78 is 12.1. The van der Waals surface area contributed by atoms with Gasteiger partial charge in [0.15, 0.2) is 16.6 Å². The Morgan fingerprint density at radius 2 is 1.91 bits per heavy atom. The monoisotopic (exact) mass is 448 g/mol. The molecule has 0 spiro atoms. The maximum absolute atomic E-state index is 13.5. The number of hydrogen-bond donors (Lipinski definition) is 0. The van der Waals surface area contributed by atoms with E-state index in [1.807, 2.05) is 12.1 Å². The summed E-state index contributed by atoms with van der Waals surface area (Å²) >= 11 is 1.30. The van der Waals surface area contributed by atoms with E-state index in [0.29, 0.717) is 35.4 Å². The first-order valence-corrected chi connectivity index (χ1v) is 10.6. The molecule has 0 saturated carbocycles. The van der Waals surface area contributed by atoms with E-state index >= 15 is 0 Å². The topological polar surface area (TPSA) is 108 Å². The van der Waals surface area contributed by atoms with Crippen LogP contribution in [0.25, 0.3) is 10.2 Å². The van der Waals surface area contributed by atoms with Crippen LogP contribution < -0.4 is 14.4 Å². The second-order valence-corrected chi connectivity index (χ2v) is 8.00. The molecule has 160 valence electrons. The molecule has 0 aliphatic carbocycles. The molecule has 9 nitrogen and oxygen atoms in total. The van der Waals surface area contributed by atoms with Crippen LogP contribution in [0.1, 0.15) is 15.9 Å². The second kappa shape index (κ2) is 8.23. The molecule has 0 N–H and O–H groups in total. The van der Waals surface area contributed by atoms with Crippen LogP contribution in [0.4, 0.5) is 10.8 Å². The van der Waals surface area contributed by atoms with Crippen molar-refractivity contribution in [2.24, 2.45) is 0 Å². The minimum atomic E-state index is -0.559. The number of thiazole rings is 1. The lowest BCUT2D eigenvalue weighted by Gasteiger charge is -2.20. The van der Waals surface area contributed by atoms with Crippen LogP contribution in [0, 0.1) is 10.1 Å². The fraction of sp³-hybridized carbons (Fsp3) is 0.136. The van der Waals surface area contributed by atoms with Gasteiger partial charge in [0.1, 0.15) is 18.8 Å². The predicted molar refractivity (Wildman–Crippen MR) is 118 cm³/mol. The molecule has 0 unspecified atom stereocenters. The highest BCUT2D eigenvalue weighted by Gasteiger charge is 2.28. The lowest BCUT2D eigenvalue weighted by atomic mass is 10.1. The number of nitro benzene ring substituents is 1. The van der Waals surface area contributed by atoms with Crippen LogP contribution in [-0.2, 0) is 6.54 Å². The maximum atomic E-state index is 13.5.